The van der Waals surface area contributed by atoms with Crippen molar-refractivity contribution >= 4 is 52.6 Å². The standard InChI is InChI=1S/C35H37ClF3N9O6/c1-33(2,18-41-27(50)28(51)43-24-13-14-25(52-3)44-29(24)53-4)17-40-26(49)20-5-11-23(12-6-20)42-30-45-31(47-32(46-30)54-19-35(37,38)39)48-34(15-16-34)21-7-9-22(36)10-8-21/h5-14H,15-19H2,1-4H3,(H,40,49)(H,41,50)(H,43,51)(H2,42,45,46,47,48). The van der Waals surface area contributed by atoms with E-state index in [2.05, 4.69) is 46.5 Å². The first-order chi connectivity index (χ1) is 25.6. The van der Waals surface area contributed by atoms with E-state index in [0.717, 1.165) is 18.4 Å². The lowest BCUT2D eigenvalue weighted by molar-refractivity contribution is -0.154. The lowest BCUT2D eigenvalue weighted by atomic mass is 9.93. The summed E-state index contributed by atoms with van der Waals surface area (Å²) in [6, 6.07) is 15.8. The Labute approximate surface area is 312 Å². The highest BCUT2D eigenvalue weighted by molar-refractivity contribution is 6.39. The lowest BCUT2D eigenvalue weighted by Crippen LogP contribution is -2.45. The summed E-state index contributed by atoms with van der Waals surface area (Å²) in [5.41, 5.74) is 0.627. The molecule has 2 aromatic carbocycles. The third kappa shape index (κ3) is 10.8. The molecule has 0 bridgehead atoms. The Balaban J connectivity index is 1.16. The van der Waals surface area contributed by atoms with Crippen LogP contribution in [0.3, 0.4) is 0 Å². The number of aromatic nitrogens is 4. The molecule has 1 saturated carbocycles. The van der Waals surface area contributed by atoms with Gasteiger partial charge in [0.05, 0.1) is 19.8 Å². The first-order valence-electron chi connectivity index (χ1n) is 16.4. The summed E-state index contributed by atoms with van der Waals surface area (Å²) in [7, 11) is 2.79. The Morgan fingerprint density at radius 1 is 0.815 bits per heavy atom. The third-order valence-corrected chi connectivity index (χ3v) is 8.28. The second kappa shape index (κ2) is 16.4. The molecule has 15 nitrogen and oxygen atoms in total. The molecule has 0 aliphatic heterocycles. The van der Waals surface area contributed by atoms with Crippen molar-refractivity contribution in [3.05, 3.63) is 76.8 Å². The van der Waals surface area contributed by atoms with Crippen molar-refractivity contribution in [3.8, 4) is 17.8 Å². The number of alkyl halides is 3. The molecule has 1 aliphatic carbocycles. The number of amides is 3. The maximum atomic E-state index is 13.0. The fourth-order valence-electron chi connectivity index (χ4n) is 4.96. The Morgan fingerprint density at radius 3 is 2.11 bits per heavy atom. The van der Waals surface area contributed by atoms with E-state index >= 15 is 0 Å². The van der Waals surface area contributed by atoms with Crippen LogP contribution >= 0.6 is 11.6 Å². The number of ether oxygens (including phenoxy) is 3. The van der Waals surface area contributed by atoms with Crippen LogP contribution in [-0.4, -0.2) is 77.7 Å². The number of hydrogen-bond acceptors (Lipinski definition) is 12. The molecule has 2 heterocycles. The number of benzene rings is 2. The molecular weight excluding hydrogens is 735 g/mol. The molecule has 0 radical (unpaired) electrons. The summed E-state index contributed by atoms with van der Waals surface area (Å²) in [6.07, 6.45) is -3.15. The summed E-state index contributed by atoms with van der Waals surface area (Å²) in [5.74, 6) is -2.01. The molecule has 0 saturated heterocycles. The molecule has 5 rings (SSSR count). The monoisotopic (exact) mass is 771 g/mol. The van der Waals surface area contributed by atoms with Crippen LogP contribution in [0.2, 0.25) is 5.02 Å². The van der Waals surface area contributed by atoms with Crippen LogP contribution in [0.25, 0.3) is 0 Å². The van der Waals surface area contributed by atoms with Crippen molar-refractivity contribution in [2.24, 2.45) is 5.41 Å². The van der Waals surface area contributed by atoms with E-state index < -0.39 is 47.5 Å². The Bertz CT molecular complexity index is 1980. The van der Waals surface area contributed by atoms with Gasteiger partial charge in [0.2, 0.25) is 23.7 Å². The van der Waals surface area contributed by atoms with Crippen LogP contribution in [0, 0.1) is 5.41 Å². The van der Waals surface area contributed by atoms with Crippen LogP contribution in [0.4, 0.5) is 36.4 Å². The number of nitrogens with zero attached hydrogens (tertiary/aromatic N) is 4. The maximum absolute atomic E-state index is 13.0. The highest BCUT2D eigenvalue weighted by Crippen LogP contribution is 2.48. The minimum atomic E-state index is -4.61. The molecule has 54 heavy (non-hydrogen) atoms. The number of rotatable bonds is 15. The van der Waals surface area contributed by atoms with Gasteiger partial charge in [-0.3, -0.25) is 14.4 Å². The van der Waals surface area contributed by atoms with E-state index in [9.17, 15) is 27.6 Å². The zero-order valence-electron chi connectivity index (χ0n) is 29.6. The molecule has 0 atom stereocenters. The quantitative estimate of drug-likeness (QED) is 0.0991. The van der Waals surface area contributed by atoms with Crippen LogP contribution in [-0.2, 0) is 15.1 Å². The van der Waals surface area contributed by atoms with Crippen molar-refractivity contribution in [1.82, 2.24) is 30.6 Å². The third-order valence-electron chi connectivity index (χ3n) is 8.03. The van der Waals surface area contributed by atoms with E-state index in [1.54, 1.807) is 38.1 Å². The average molecular weight is 772 g/mol. The van der Waals surface area contributed by atoms with Crippen molar-refractivity contribution in [1.29, 1.82) is 0 Å². The van der Waals surface area contributed by atoms with Crippen LogP contribution in [0.1, 0.15) is 42.6 Å². The number of pyridine rings is 1. The first-order valence-corrected chi connectivity index (χ1v) is 16.8. The molecule has 0 unspecified atom stereocenters. The maximum Gasteiger partial charge on any atom is 0.422 e. The van der Waals surface area contributed by atoms with Gasteiger partial charge in [-0.1, -0.05) is 37.6 Å². The fraction of sp³-hybridized carbons (Fsp3) is 0.343. The van der Waals surface area contributed by atoms with E-state index in [0.29, 0.717) is 16.3 Å². The molecule has 5 N–H and O–H groups in total. The average Bonchev–Trinajstić information content (AvgIpc) is 3.92. The van der Waals surface area contributed by atoms with Gasteiger partial charge in [-0.05, 0) is 66.3 Å². The minimum Gasteiger partial charge on any atom is -0.481 e. The minimum absolute atomic E-state index is 0.00215. The fourth-order valence-corrected chi connectivity index (χ4v) is 5.08. The van der Waals surface area contributed by atoms with E-state index in [1.807, 2.05) is 12.1 Å². The molecule has 19 heteroatoms. The van der Waals surface area contributed by atoms with Gasteiger partial charge in [-0.15, -0.1) is 0 Å². The smallest absolute Gasteiger partial charge is 0.422 e. The van der Waals surface area contributed by atoms with Gasteiger partial charge in [0.15, 0.2) is 6.61 Å². The summed E-state index contributed by atoms with van der Waals surface area (Å²) < 4.78 is 53.8. The van der Waals surface area contributed by atoms with E-state index in [4.69, 9.17) is 25.8 Å². The number of anilines is 4. The van der Waals surface area contributed by atoms with Gasteiger partial charge in [0.1, 0.15) is 5.69 Å². The van der Waals surface area contributed by atoms with Crippen molar-refractivity contribution < 1.29 is 41.8 Å². The largest absolute Gasteiger partial charge is 0.481 e. The Hall–Kier alpha value is -5.91. The molecule has 4 aromatic rings. The van der Waals surface area contributed by atoms with Crippen LogP contribution in [0.5, 0.6) is 17.8 Å². The number of hydrogen-bond donors (Lipinski definition) is 5. The van der Waals surface area contributed by atoms with Crippen molar-refractivity contribution in [3.63, 3.8) is 0 Å². The number of carbonyl (C=O) groups excluding carboxylic acids is 3. The molecule has 1 fully saturated rings. The summed E-state index contributed by atoms with van der Waals surface area (Å²) in [6.45, 7) is 2.18. The predicted molar refractivity (Wildman–Crippen MR) is 192 cm³/mol. The molecule has 0 spiro atoms. The molecular formula is C35H37ClF3N9O6. The number of carbonyl (C=O) groups is 3. The number of nitrogens with one attached hydrogen (secondary N) is 5. The summed E-state index contributed by atoms with van der Waals surface area (Å²) in [4.78, 5) is 54.4. The van der Waals surface area contributed by atoms with Gasteiger partial charge >= 0.3 is 24.0 Å². The van der Waals surface area contributed by atoms with Crippen LogP contribution in [0.15, 0.2) is 60.7 Å². The van der Waals surface area contributed by atoms with Gasteiger partial charge < -0.3 is 40.8 Å². The summed E-state index contributed by atoms with van der Waals surface area (Å²) >= 11 is 6.03. The van der Waals surface area contributed by atoms with Gasteiger partial charge in [-0.2, -0.15) is 33.1 Å². The number of halogens is 4. The Kier molecular flexibility index (Phi) is 11.9. The second-order valence-electron chi connectivity index (χ2n) is 13.0. The van der Waals surface area contributed by atoms with E-state index in [-0.39, 0.29) is 42.4 Å². The Morgan fingerprint density at radius 2 is 1.48 bits per heavy atom. The van der Waals surface area contributed by atoms with Crippen molar-refractivity contribution in [2.45, 2.75) is 38.4 Å². The molecule has 286 valence electrons. The lowest BCUT2D eigenvalue weighted by Gasteiger charge is -2.25. The normalized spacial score (nSPS) is 13.3. The van der Waals surface area contributed by atoms with Crippen molar-refractivity contribution in [2.75, 3.05) is 49.9 Å². The highest BCUT2D eigenvalue weighted by Gasteiger charge is 2.45. The van der Waals surface area contributed by atoms with Gasteiger partial charge in [0.25, 0.3) is 5.91 Å². The highest BCUT2D eigenvalue weighted by atomic mass is 35.5. The molecule has 3 amide bonds. The molecule has 2 aromatic heterocycles. The van der Waals surface area contributed by atoms with E-state index in [1.165, 1.54) is 38.5 Å². The summed E-state index contributed by atoms with van der Waals surface area (Å²) in [5, 5.41) is 14.5. The zero-order chi connectivity index (χ0) is 39.1. The molecule has 1 aliphatic rings. The van der Waals surface area contributed by atoms with Crippen LogP contribution < -0.4 is 40.8 Å². The second-order valence-corrected chi connectivity index (χ2v) is 13.4. The number of methoxy groups -OCH3 is 2. The first kappa shape index (κ1) is 39.3. The van der Waals surface area contributed by atoms with Gasteiger partial charge in [0, 0.05) is 35.4 Å². The predicted octanol–water partition coefficient (Wildman–Crippen LogP) is 5.23. The SMILES string of the molecule is COc1ccc(NC(=O)C(=O)NCC(C)(C)CNC(=O)c2ccc(Nc3nc(NC4(c5ccc(Cl)cc5)CC4)nc(OCC(F)(F)F)n3)cc2)c(OC)n1. The van der Waals surface area contributed by atoms with Gasteiger partial charge in [-0.25, -0.2) is 0 Å². The topological polar surface area (TPSA) is 191 Å². The zero-order valence-corrected chi connectivity index (χ0v) is 30.3.